The molecule has 57 heavy (non-hydrogen) atoms. The van der Waals surface area contributed by atoms with Gasteiger partial charge in [-0.05, 0) is 156 Å². The molecule has 0 saturated heterocycles. The first-order chi connectivity index (χ1) is 28.0. The van der Waals surface area contributed by atoms with Crippen molar-refractivity contribution in [2.45, 2.75) is 13.8 Å². The summed E-state index contributed by atoms with van der Waals surface area (Å²) in [6, 6.07) is 65.4. The van der Waals surface area contributed by atoms with E-state index in [1.807, 2.05) is 0 Å². The molecule has 0 radical (unpaired) electrons. The summed E-state index contributed by atoms with van der Waals surface area (Å²) in [6.45, 7) is 4.80. The van der Waals surface area contributed by atoms with Crippen LogP contribution in [0.1, 0.15) is 19.4 Å². The molecule has 0 unspecified atom stereocenters. The van der Waals surface area contributed by atoms with Gasteiger partial charge in [-0.25, -0.2) is 0 Å². The van der Waals surface area contributed by atoms with E-state index in [1.165, 1.54) is 120 Å². The number of benzene rings is 10. The van der Waals surface area contributed by atoms with Crippen molar-refractivity contribution in [1.82, 2.24) is 0 Å². The molecule has 12 rings (SSSR count). The predicted molar refractivity (Wildman–Crippen MR) is 246 cm³/mol. The molecule has 2 aliphatic carbocycles. The summed E-state index contributed by atoms with van der Waals surface area (Å²) in [5, 5.41) is 18.2. The standard InChI is InChI=1S/C57H38/c1-57(2)34-42(31-41-30-40-32-52-45-20-7-5-18-43(45)44-19-6-8-21-46(44)53(52)33-51(40)56(41)57)55-49-24-11-9-22-47(49)54(48-23-10-12-25-50(48)55)39-17-13-16-37(29-39)38-27-26-35-14-3-4-15-36(35)28-38/h3-34H,1-2H3. The topological polar surface area (TPSA) is 0 Å². The molecular weight excluding hydrogens is 685 g/mol. The molecule has 0 nitrogen and oxygen atoms in total. The van der Waals surface area contributed by atoms with Gasteiger partial charge in [-0.2, -0.15) is 0 Å². The minimum absolute atomic E-state index is 0.198. The second-order valence-corrected chi connectivity index (χ2v) is 16.5. The molecule has 10 aromatic rings. The number of hydrogen-bond donors (Lipinski definition) is 0. The van der Waals surface area contributed by atoms with Gasteiger partial charge in [0.25, 0.3) is 0 Å². The van der Waals surface area contributed by atoms with Gasteiger partial charge in [-0.1, -0.05) is 172 Å². The zero-order chi connectivity index (χ0) is 37.8. The average molecular weight is 723 g/mol. The van der Waals surface area contributed by atoms with Crippen LogP contribution in [0.3, 0.4) is 0 Å². The van der Waals surface area contributed by atoms with Gasteiger partial charge >= 0.3 is 0 Å². The maximum absolute atomic E-state index is 2.53. The van der Waals surface area contributed by atoms with Gasteiger partial charge in [-0.15, -0.1) is 0 Å². The van der Waals surface area contributed by atoms with E-state index in [0.717, 1.165) is 0 Å². The maximum Gasteiger partial charge on any atom is 0.00966 e. The van der Waals surface area contributed by atoms with Gasteiger partial charge in [0.1, 0.15) is 0 Å². The highest BCUT2D eigenvalue weighted by atomic mass is 14.4. The molecule has 0 saturated carbocycles. The quantitative estimate of drug-likeness (QED) is 0.126. The second kappa shape index (κ2) is 12.0. The number of rotatable bonds is 3. The monoisotopic (exact) mass is 722 g/mol. The van der Waals surface area contributed by atoms with Crippen molar-refractivity contribution < 1.29 is 0 Å². The van der Waals surface area contributed by atoms with Crippen LogP contribution in [-0.4, -0.2) is 0 Å². The Balaban J connectivity index is 1.07. The molecule has 0 spiro atoms. The van der Waals surface area contributed by atoms with Crippen LogP contribution in [0, 0.1) is 5.41 Å². The fourth-order valence-corrected chi connectivity index (χ4v) is 10.3. The normalized spacial score (nSPS) is 14.6. The molecule has 0 bridgehead atoms. The summed E-state index contributed by atoms with van der Waals surface area (Å²) in [7, 11) is 0. The Morgan fingerprint density at radius 2 is 0.842 bits per heavy atom. The Bertz CT molecular complexity index is 3530. The van der Waals surface area contributed by atoms with Crippen molar-refractivity contribution in [2.75, 3.05) is 0 Å². The minimum atomic E-state index is -0.198. The van der Waals surface area contributed by atoms with E-state index in [2.05, 4.69) is 208 Å². The molecule has 0 amide bonds. The van der Waals surface area contributed by atoms with E-state index in [1.54, 1.807) is 0 Å². The molecule has 0 aliphatic heterocycles. The fourth-order valence-electron chi connectivity index (χ4n) is 10.3. The summed E-state index contributed by atoms with van der Waals surface area (Å²) in [4.78, 5) is 0. The molecule has 0 fully saturated rings. The molecule has 0 atom stereocenters. The summed E-state index contributed by atoms with van der Waals surface area (Å²) >= 11 is 0. The van der Waals surface area contributed by atoms with Crippen LogP contribution < -0.4 is 10.4 Å². The summed E-state index contributed by atoms with van der Waals surface area (Å²) in [5.74, 6) is 0. The molecular formula is C57H38. The van der Waals surface area contributed by atoms with E-state index in [-0.39, 0.29) is 5.41 Å². The molecule has 2 aliphatic rings. The third-order valence-electron chi connectivity index (χ3n) is 12.7. The number of allylic oxidation sites excluding steroid dienone is 4. The van der Waals surface area contributed by atoms with Gasteiger partial charge in [-0.3, -0.25) is 0 Å². The highest BCUT2D eigenvalue weighted by Gasteiger charge is 2.32. The fraction of sp³-hybridized carbons (Fsp3) is 0.0526. The van der Waals surface area contributed by atoms with Crippen LogP contribution in [0.2, 0.25) is 0 Å². The van der Waals surface area contributed by atoms with Crippen LogP contribution in [0.5, 0.6) is 0 Å². The van der Waals surface area contributed by atoms with Crippen molar-refractivity contribution in [1.29, 1.82) is 0 Å². The first-order valence-corrected chi connectivity index (χ1v) is 20.1. The van der Waals surface area contributed by atoms with Crippen molar-refractivity contribution in [3.63, 3.8) is 0 Å². The lowest BCUT2D eigenvalue weighted by Gasteiger charge is -2.30. The lowest BCUT2D eigenvalue weighted by Crippen LogP contribution is -2.28. The van der Waals surface area contributed by atoms with Crippen molar-refractivity contribution in [3.8, 4) is 22.3 Å². The van der Waals surface area contributed by atoms with Crippen molar-refractivity contribution >= 4 is 81.9 Å². The van der Waals surface area contributed by atoms with E-state index < -0.39 is 0 Å². The van der Waals surface area contributed by atoms with Gasteiger partial charge in [0.2, 0.25) is 0 Å². The largest absolute Gasteiger partial charge is 0.0665 e. The Labute approximate surface area is 331 Å². The summed E-state index contributed by atoms with van der Waals surface area (Å²) in [5.41, 5.74) is 10.1. The van der Waals surface area contributed by atoms with Crippen molar-refractivity contribution in [3.05, 3.63) is 210 Å². The van der Waals surface area contributed by atoms with E-state index in [9.17, 15) is 0 Å². The third kappa shape index (κ3) is 4.81. The molecule has 10 aromatic carbocycles. The van der Waals surface area contributed by atoms with E-state index >= 15 is 0 Å². The van der Waals surface area contributed by atoms with Gasteiger partial charge in [0.15, 0.2) is 0 Å². The first kappa shape index (κ1) is 32.2. The Morgan fingerprint density at radius 1 is 0.333 bits per heavy atom. The van der Waals surface area contributed by atoms with E-state index in [0.29, 0.717) is 0 Å². The SMILES string of the molecule is CC1(C)C=C(c2c3ccccc3c(-c3cccc(-c4ccc5ccccc5c4)c3)c3ccccc23)C=C2C=c3cc4c5ccccc5c5ccccc5c4cc3=C21. The third-order valence-corrected chi connectivity index (χ3v) is 12.7. The van der Waals surface area contributed by atoms with Crippen molar-refractivity contribution in [2.24, 2.45) is 5.41 Å². The maximum atomic E-state index is 2.53. The summed E-state index contributed by atoms with van der Waals surface area (Å²) < 4.78 is 0. The highest BCUT2D eigenvalue weighted by Crippen LogP contribution is 2.48. The molecule has 266 valence electrons. The molecule has 0 aromatic heterocycles. The average Bonchev–Trinajstić information content (AvgIpc) is 3.63. The molecule has 0 N–H and O–H groups in total. The lowest BCUT2D eigenvalue weighted by molar-refractivity contribution is 0.647. The highest BCUT2D eigenvalue weighted by molar-refractivity contribution is 6.26. The predicted octanol–water partition coefficient (Wildman–Crippen LogP) is 13.9. The van der Waals surface area contributed by atoms with Crippen LogP contribution in [0.25, 0.3) is 104 Å². The van der Waals surface area contributed by atoms with Crippen LogP contribution in [0.4, 0.5) is 0 Å². The minimum Gasteiger partial charge on any atom is -0.0665 e. The van der Waals surface area contributed by atoms with Crippen LogP contribution >= 0.6 is 0 Å². The molecule has 0 heterocycles. The lowest BCUT2D eigenvalue weighted by atomic mass is 9.73. The zero-order valence-corrected chi connectivity index (χ0v) is 32.0. The summed E-state index contributed by atoms with van der Waals surface area (Å²) in [6.07, 6.45) is 7.45. The Hall–Kier alpha value is -7.02. The smallest absolute Gasteiger partial charge is 0.00966 e. The second-order valence-electron chi connectivity index (χ2n) is 16.5. The first-order valence-electron chi connectivity index (χ1n) is 20.1. The Morgan fingerprint density at radius 3 is 1.49 bits per heavy atom. The van der Waals surface area contributed by atoms with Gasteiger partial charge in [0, 0.05) is 5.41 Å². The van der Waals surface area contributed by atoms with Gasteiger partial charge in [0.05, 0.1) is 0 Å². The zero-order valence-electron chi connectivity index (χ0n) is 32.0. The molecule has 0 heteroatoms. The number of hydrogen-bond acceptors (Lipinski definition) is 0. The van der Waals surface area contributed by atoms with E-state index in [4.69, 9.17) is 0 Å². The van der Waals surface area contributed by atoms with Crippen LogP contribution in [0.15, 0.2) is 194 Å². The van der Waals surface area contributed by atoms with Gasteiger partial charge < -0.3 is 0 Å². The number of fused-ring (bicyclic) bond motifs is 11. The Kier molecular flexibility index (Phi) is 6.78. The van der Waals surface area contributed by atoms with Crippen LogP contribution in [-0.2, 0) is 0 Å².